The van der Waals surface area contributed by atoms with E-state index < -0.39 is 5.91 Å². The van der Waals surface area contributed by atoms with Crippen molar-refractivity contribution in [2.24, 2.45) is 11.7 Å². The summed E-state index contributed by atoms with van der Waals surface area (Å²) in [7, 11) is 0. The maximum atomic E-state index is 13.9. The number of aryl methyl sites for hydroxylation is 1. The Morgan fingerprint density at radius 3 is 2.86 bits per heavy atom. The second-order valence-corrected chi connectivity index (χ2v) is 11.0. The standard InChI is InChI=1S/C26H24ClN3O4S/c1-13-29-22(24(35-13)14-4-2-5-16(27)8-14)26(32)30-17(9-15-10-20(15)30)11-18-12-33-23-19(25(28)31)6-3-7-21(23)34-18/h2-8,15,17-18,20H,9-12H2,1H3,(H2,28,31)/t15-,17+,18?,20+/m1/s1. The quantitative estimate of drug-likeness (QED) is 0.537. The first-order chi connectivity index (χ1) is 16.9. The van der Waals surface area contributed by atoms with E-state index in [0.29, 0.717) is 46.7 Å². The summed E-state index contributed by atoms with van der Waals surface area (Å²) in [6.45, 7) is 2.22. The molecule has 3 heterocycles. The zero-order valence-corrected chi connectivity index (χ0v) is 20.6. The number of likely N-dealkylation sites (tertiary alicyclic amines) is 1. The number of rotatable bonds is 5. The van der Waals surface area contributed by atoms with Crippen LogP contribution in [0, 0.1) is 12.8 Å². The summed E-state index contributed by atoms with van der Waals surface area (Å²) in [6.07, 6.45) is 2.40. The number of thiazole rings is 1. The van der Waals surface area contributed by atoms with Crippen molar-refractivity contribution in [3.8, 4) is 21.9 Å². The Hall–Kier alpha value is -3.10. The average molecular weight is 510 g/mol. The number of ether oxygens (including phenoxy) is 2. The molecular weight excluding hydrogens is 486 g/mol. The second-order valence-electron chi connectivity index (χ2n) is 9.37. The van der Waals surface area contributed by atoms with Crippen molar-refractivity contribution >= 4 is 34.8 Å². The van der Waals surface area contributed by atoms with Crippen molar-refractivity contribution in [3.05, 3.63) is 63.8 Å². The van der Waals surface area contributed by atoms with Crippen LogP contribution in [0.4, 0.5) is 0 Å². The van der Waals surface area contributed by atoms with Crippen LogP contribution in [0.3, 0.4) is 0 Å². The molecule has 6 rings (SSSR count). The number of carbonyl (C=O) groups excluding carboxylic acids is 2. The minimum absolute atomic E-state index is 0.0348. The van der Waals surface area contributed by atoms with Gasteiger partial charge in [-0.1, -0.05) is 29.8 Å². The minimum atomic E-state index is -0.550. The summed E-state index contributed by atoms with van der Waals surface area (Å²) in [4.78, 5) is 33.1. The second kappa shape index (κ2) is 8.53. The Morgan fingerprint density at radius 1 is 1.23 bits per heavy atom. The molecule has 2 N–H and O–H groups in total. The molecule has 1 saturated carbocycles. The summed E-state index contributed by atoms with van der Waals surface area (Å²) < 4.78 is 12.1. The lowest BCUT2D eigenvalue weighted by molar-refractivity contribution is 0.0477. The Kier molecular flexibility index (Phi) is 5.45. The fourth-order valence-electron chi connectivity index (χ4n) is 5.37. The van der Waals surface area contributed by atoms with Gasteiger partial charge in [0.15, 0.2) is 11.5 Å². The Labute approximate surface area is 211 Å². The van der Waals surface area contributed by atoms with Crippen LogP contribution in [0.2, 0.25) is 5.02 Å². The van der Waals surface area contributed by atoms with E-state index in [2.05, 4.69) is 4.98 Å². The predicted molar refractivity (Wildman–Crippen MR) is 133 cm³/mol. The number of nitrogens with zero attached hydrogens (tertiary/aromatic N) is 2. The van der Waals surface area contributed by atoms with E-state index in [1.54, 1.807) is 18.2 Å². The number of aromatic nitrogens is 1. The lowest BCUT2D eigenvalue weighted by atomic mass is 10.0. The van der Waals surface area contributed by atoms with E-state index in [0.717, 1.165) is 28.3 Å². The third kappa shape index (κ3) is 4.04. The van der Waals surface area contributed by atoms with Crippen molar-refractivity contribution in [2.45, 2.75) is 44.4 Å². The molecule has 180 valence electrons. The van der Waals surface area contributed by atoms with Gasteiger partial charge < -0.3 is 20.1 Å². The van der Waals surface area contributed by atoms with Gasteiger partial charge in [-0.2, -0.15) is 0 Å². The molecule has 0 radical (unpaired) electrons. The Bertz CT molecular complexity index is 1340. The molecule has 4 atom stereocenters. The van der Waals surface area contributed by atoms with E-state index in [9.17, 15) is 9.59 Å². The molecular formula is C26H24ClN3O4S. The van der Waals surface area contributed by atoms with Gasteiger partial charge in [0.05, 0.1) is 15.4 Å². The zero-order valence-electron chi connectivity index (χ0n) is 19.1. The zero-order chi connectivity index (χ0) is 24.3. The first kappa shape index (κ1) is 22.4. The third-order valence-electron chi connectivity index (χ3n) is 6.96. The molecule has 1 aromatic heterocycles. The maximum absolute atomic E-state index is 13.9. The van der Waals surface area contributed by atoms with Gasteiger partial charge in [0, 0.05) is 23.5 Å². The van der Waals surface area contributed by atoms with Crippen LogP contribution in [-0.4, -0.2) is 46.5 Å². The highest BCUT2D eigenvalue weighted by molar-refractivity contribution is 7.15. The molecule has 3 aromatic rings. The number of para-hydroxylation sites is 1. The van der Waals surface area contributed by atoms with Gasteiger partial charge in [0.2, 0.25) is 0 Å². The number of hydrogen-bond donors (Lipinski definition) is 1. The van der Waals surface area contributed by atoms with Crippen molar-refractivity contribution in [1.29, 1.82) is 0 Å². The number of piperidine rings is 1. The summed E-state index contributed by atoms with van der Waals surface area (Å²) in [5, 5.41) is 1.47. The number of amides is 2. The first-order valence-electron chi connectivity index (χ1n) is 11.7. The summed E-state index contributed by atoms with van der Waals surface area (Å²) in [5.41, 5.74) is 7.17. The third-order valence-corrected chi connectivity index (χ3v) is 8.21. The lowest BCUT2D eigenvalue weighted by Gasteiger charge is -2.33. The number of hydrogen-bond acceptors (Lipinski definition) is 6. The summed E-state index contributed by atoms with van der Waals surface area (Å²) in [6, 6.07) is 13.0. The molecule has 35 heavy (non-hydrogen) atoms. The highest BCUT2D eigenvalue weighted by atomic mass is 35.5. The minimum Gasteiger partial charge on any atom is -0.485 e. The van der Waals surface area contributed by atoms with Gasteiger partial charge in [0.1, 0.15) is 18.4 Å². The Balaban J connectivity index is 1.24. The summed E-state index contributed by atoms with van der Waals surface area (Å²) >= 11 is 7.73. The van der Waals surface area contributed by atoms with Gasteiger partial charge >= 0.3 is 0 Å². The molecule has 1 aliphatic carbocycles. The van der Waals surface area contributed by atoms with Crippen LogP contribution in [0.15, 0.2) is 42.5 Å². The highest BCUT2D eigenvalue weighted by Crippen LogP contribution is 2.50. The highest BCUT2D eigenvalue weighted by Gasteiger charge is 2.55. The van der Waals surface area contributed by atoms with E-state index in [-0.39, 0.29) is 24.1 Å². The fraction of sp³-hybridized carbons (Fsp3) is 0.346. The molecule has 1 saturated heterocycles. The lowest BCUT2D eigenvalue weighted by Crippen LogP contribution is -2.43. The molecule has 0 bridgehead atoms. The van der Waals surface area contributed by atoms with Crippen LogP contribution in [-0.2, 0) is 0 Å². The molecule has 2 aliphatic heterocycles. The van der Waals surface area contributed by atoms with Gasteiger partial charge in [0.25, 0.3) is 11.8 Å². The number of nitrogens with two attached hydrogens (primary N) is 1. The SMILES string of the molecule is Cc1nc(C(=O)N2[C@H](CC3COc4c(cccc4C(N)=O)O3)C[C@@H]3C[C@@H]32)c(-c2cccc(Cl)c2)s1. The van der Waals surface area contributed by atoms with Crippen LogP contribution in [0.1, 0.15) is 45.1 Å². The summed E-state index contributed by atoms with van der Waals surface area (Å²) in [5.74, 6) is 0.842. The average Bonchev–Trinajstić information content (AvgIpc) is 3.32. The van der Waals surface area contributed by atoms with Crippen LogP contribution >= 0.6 is 22.9 Å². The monoisotopic (exact) mass is 509 g/mol. The molecule has 7 nitrogen and oxygen atoms in total. The van der Waals surface area contributed by atoms with Gasteiger partial charge in [-0.15, -0.1) is 11.3 Å². The number of carbonyl (C=O) groups is 2. The first-order valence-corrected chi connectivity index (χ1v) is 12.9. The van der Waals surface area contributed by atoms with Crippen molar-refractivity contribution in [1.82, 2.24) is 9.88 Å². The molecule has 2 aromatic carbocycles. The Morgan fingerprint density at radius 2 is 2.06 bits per heavy atom. The molecule has 0 spiro atoms. The van der Waals surface area contributed by atoms with Crippen molar-refractivity contribution < 1.29 is 19.1 Å². The largest absolute Gasteiger partial charge is 0.485 e. The van der Waals surface area contributed by atoms with Crippen molar-refractivity contribution in [2.75, 3.05) is 6.61 Å². The smallest absolute Gasteiger partial charge is 0.274 e. The fourth-order valence-corrected chi connectivity index (χ4v) is 6.46. The van der Waals surface area contributed by atoms with Crippen molar-refractivity contribution in [3.63, 3.8) is 0 Å². The van der Waals surface area contributed by atoms with E-state index in [1.165, 1.54) is 11.3 Å². The predicted octanol–water partition coefficient (Wildman–Crippen LogP) is 4.70. The van der Waals surface area contributed by atoms with Crippen LogP contribution < -0.4 is 15.2 Å². The molecule has 1 unspecified atom stereocenters. The van der Waals surface area contributed by atoms with E-state index in [4.69, 9.17) is 26.8 Å². The molecule has 3 aliphatic rings. The van der Waals surface area contributed by atoms with E-state index in [1.807, 2.05) is 36.1 Å². The molecule has 9 heteroatoms. The van der Waals surface area contributed by atoms with Crippen LogP contribution in [0.5, 0.6) is 11.5 Å². The number of halogens is 1. The number of fused-ring (bicyclic) bond motifs is 2. The maximum Gasteiger partial charge on any atom is 0.274 e. The molecule has 2 amide bonds. The number of primary amides is 1. The topological polar surface area (TPSA) is 94.8 Å². The molecule has 2 fully saturated rings. The van der Waals surface area contributed by atoms with Gasteiger partial charge in [-0.3, -0.25) is 9.59 Å². The van der Waals surface area contributed by atoms with Gasteiger partial charge in [-0.25, -0.2) is 4.98 Å². The van der Waals surface area contributed by atoms with Gasteiger partial charge in [-0.05, 0) is 55.5 Å². The normalized spacial score (nSPS) is 24.2. The van der Waals surface area contributed by atoms with Crippen LogP contribution in [0.25, 0.3) is 10.4 Å². The number of benzene rings is 2. The van der Waals surface area contributed by atoms with E-state index >= 15 is 0 Å².